The van der Waals surface area contributed by atoms with Gasteiger partial charge in [-0.3, -0.25) is 14.4 Å². The third-order valence-electron chi connectivity index (χ3n) is 7.78. The molecule has 0 aromatic heterocycles. The van der Waals surface area contributed by atoms with Gasteiger partial charge in [0.05, 0.1) is 0 Å². The second kappa shape index (κ2) is 29.4. The van der Waals surface area contributed by atoms with Gasteiger partial charge in [0.1, 0.15) is 25.3 Å². The minimum atomic E-state index is -0.430. The molecule has 0 spiro atoms. The fourth-order valence-electron chi connectivity index (χ4n) is 5.07. The Balaban J connectivity index is 5.36. The first-order valence-electron chi connectivity index (χ1n) is 17.7. The van der Waals surface area contributed by atoms with Gasteiger partial charge in [0.15, 0.2) is 0 Å². The van der Waals surface area contributed by atoms with Crippen molar-refractivity contribution < 1.29 is 23.9 Å². The van der Waals surface area contributed by atoms with Crippen molar-refractivity contribution >= 4 is 28.9 Å². The van der Waals surface area contributed by atoms with Gasteiger partial charge in [0.25, 0.3) is 5.24 Å². The number of amides is 1. The van der Waals surface area contributed by atoms with Crippen molar-refractivity contribution in [1.82, 2.24) is 9.80 Å². The van der Waals surface area contributed by atoms with E-state index >= 15 is 0 Å². The molecule has 0 aliphatic rings. The fraction of sp³-hybridized carbons (Fsp3) is 0.914. The summed E-state index contributed by atoms with van der Waals surface area (Å²) in [5, 5.41) is -0.277. The molecule has 0 unspecified atom stereocenters. The predicted molar refractivity (Wildman–Crippen MR) is 183 cm³/mol. The van der Waals surface area contributed by atoms with Gasteiger partial charge in [-0.2, -0.15) is 0 Å². The summed E-state index contributed by atoms with van der Waals surface area (Å²) in [6.07, 6.45) is 21.2. The van der Waals surface area contributed by atoms with Crippen LogP contribution < -0.4 is 0 Å². The van der Waals surface area contributed by atoms with E-state index in [0.29, 0.717) is 5.75 Å². The third-order valence-corrected chi connectivity index (χ3v) is 8.67. The maximum absolute atomic E-state index is 13.2. The van der Waals surface area contributed by atoms with E-state index in [9.17, 15) is 14.4 Å². The highest BCUT2D eigenvalue weighted by atomic mass is 32.2. The number of carbonyl (C=O) groups excluding carboxylic acids is 3. The molecule has 0 rings (SSSR count). The Kier molecular flexibility index (Phi) is 28.6. The summed E-state index contributed by atoms with van der Waals surface area (Å²) in [6, 6.07) is 0. The van der Waals surface area contributed by atoms with E-state index in [-0.39, 0.29) is 30.5 Å². The number of hydrogen-bond donors (Lipinski definition) is 0. The van der Waals surface area contributed by atoms with E-state index in [1.54, 1.807) is 0 Å². The van der Waals surface area contributed by atoms with E-state index in [1.165, 1.54) is 30.6 Å². The summed E-state index contributed by atoms with van der Waals surface area (Å²) in [7, 11) is 3.92. The lowest BCUT2D eigenvalue weighted by atomic mass is 10.0. The largest absolute Gasteiger partial charge is 0.461 e. The Morgan fingerprint density at radius 1 is 0.558 bits per heavy atom. The Hall–Kier alpha value is -1.28. The van der Waals surface area contributed by atoms with Crippen molar-refractivity contribution in [2.45, 2.75) is 168 Å². The Labute approximate surface area is 270 Å². The minimum absolute atomic E-state index is 0.137. The summed E-state index contributed by atoms with van der Waals surface area (Å²) >= 11 is 1.14. The van der Waals surface area contributed by atoms with Crippen molar-refractivity contribution in [3.63, 3.8) is 0 Å². The standard InChI is InChI=1S/C35H68N2O5S/c1-7-11-15-19-23-31(24-20-16-12-8-2)41-33(38)29-37(35(40)43-28-27-36(5)6)30-34(39)42-32(25-21-17-13-9-3)26-22-18-14-10-4/h31-32H,7-30H2,1-6H3. The zero-order chi connectivity index (χ0) is 32.1. The number of ether oxygens (including phenoxy) is 2. The summed E-state index contributed by atoms with van der Waals surface area (Å²) in [4.78, 5) is 42.8. The molecule has 43 heavy (non-hydrogen) atoms. The van der Waals surface area contributed by atoms with Crippen LogP contribution in [0.1, 0.15) is 156 Å². The maximum atomic E-state index is 13.2. The van der Waals surface area contributed by atoms with Crippen molar-refractivity contribution in [3.05, 3.63) is 0 Å². The Morgan fingerprint density at radius 3 is 1.21 bits per heavy atom. The lowest BCUT2D eigenvalue weighted by molar-refractivity contribution is -0.153. The Morgan fingerprint density at radius 2 is 0.907 bits per heavy atom. The van der Waals surface area contributed by atoms with Gasteiger partial charge in [0.2, 0.25) is 0 Å². The highest BCUT2D eigenvalue weighted by Crippen LogP contribution is 2.19. The van der Waals surface area contributed by atoms with Crippen molar-refractivity contribution in [3.8, 4) is 0 Å². The van der Waals surface area contributed by atoms with Gasteiger partial charge in [-0.05, 0) is 65.5 Å². The van der Waals surface area contributed by atoms with Crippen LogP contribution in [0.3, 0.4) is 0 Å². The average molecular weight is 629 g/mol. The lowest BCUT2D eigenvalue weighted by Crippen LogP contribution is -2.40. The van der Waals surface area contributed by atoms with Crippen LogP contribution in [0.15, 0.2) is 0 Å². The van der Waals surface area contributed by atoms with Gasteiger partial charge < -0.3 is 19.3 Å². The number of carbonyl (C=O) groups is 3. The number of rotatable bonds is 29. The molecule has 0 aliphatic heterocycles. The number of thioether (sulfide) groups is 1. The second-order valence-electron chi connectivity index (χ2n) is 12.4. The summed E-state index contributed by atoms with van der Waals surface area (Å²) in [5.74, 6) is -0.274. The smallest absolute Gasteiger partial charge is 0.325 e. The molecule has 0 saturated carbocycles. The molecule has 8 heteroatoms. The highest BCUT2D eigenvalue weighted by Gasteiger charge is 2.25. The van der Waals surface area contributed by atoms with Crippen LogP contribution in [0.2, 0.25) is 0 Å². The Bertz CT molecular complexity index is 623. The van der Waals surface area contributed by atoms with E-state index in [4.69, 9.17) is 9.47 Å². The van der Waals surface area contributed by atoms with E-state index in [1.807, 2.05) is 19.0 Å². The summed E-state index contributed by atoms with van der Waals surface area (Å²) < 4.78 is 11.9. The van der Waals surface area contributed by atoms with E-state index in [2.05, 4.69) is 27.7 Å². The predicted octanol–water partition coefficient (Wildman–Crippen LogP) is 9.41. The van der Waals surface area contributed by atoms with Gasteiger partial charge in [-0.1, -0.05) is 117 Å². The average Bonchev–Trinajstić information content (AvgIpc) is 2.96. The van der Waals surface area contributed by atoms with Crippen LogP contribution in [0.4, 0.5) is 4.79 Å². The van der Waals surface area contributed by atoms with Crippen LogP contribution in [-0.4, -0.2) is 78.7 Å². The molecule has 0 atom stereocenters. The molecule has 0 fully saturated rings. The maximum Gasteiger partial charge on any atom is 0.325 e. The number of esters is 2. The van der Waals surface area contributed by atoms with Gasteiger partial charge in [-0.25, -0.2) is 0 Å². The molecule has 0 bridgehead atoms. The normalized spacial score (nSPS) is 11.5. The monoisotopic (exact) mass is 628 g/mol. The third kappa shape index (κ3) is 25.7. The molecule has 0 N–H and O–H groups in total. The number of hydrogen-bond acceptors (Lipinski definition) is 7. The van der Waals surface area contributed by atoms with Crippen LogP contribution >= 0.6 is 11.8 Å². The molecular weight excluding hydrogens is 560 g/mol. The fourth-order valence-corrected chi connectivity index (χ4v) is 6.01. The first kappa shape index (κ1) is 41.7. The highest BCUT2D eigenvalue weighted by molar-refractivity contribution is 8.13. The molecule has 0 radical (unpaired) electrons. The lowest BCUT2D eigenvalue weighted by Gasteiger charge is -2.25. The SMILES string of the molecule is CCCCCCC(CCCCCC)OC(=O)CN(CC(=O)OC(CCCCCC)CCCCCC)C(=O)SCCN(C)C. The topological polar surface area (TPSA) is 76.1 Å². The number of unbranched alkanes of at least 4 members (excludes halogenated alkanes) is 12. The molecule has 0 aliphatic carbocycles. The zero-order valence-corrected chi connectivity index (χ0v) is 29.8. The second-order valence-corrected chi connectivity index (χ2v) is 13.4. The first-order chi connectivity index (χ1) is 20.8. The van der Waals surface area contributed by atoms with Crippen LogP contribution in [-0.2, 0) is 19.1 Å². The molecule has 0 aromatic carbocycles. The minimum Gasteiger partial charge on any atom is -0.461 e. The van der Waals surface area contributed by atoms with Crippen LogP contribution in [0, 0.1) is 0 Å². The molecule has 1 amide bonds. The van der Waals surface area contributed by atoms with Gasteiger partial charge >= 0.3 is 11.9 Å². The van der Waals surface area contributed by atoms with Gasteiger partial charge in [-0.15, -0.1) is 0 Å². The molecule has 0 saturated heterocycles. The molecular formula is C35H68N2O5S. The molecule has 7 nitrogen and oxygen atoms in total. The first-order valence-corrected chi connectivity index (χ1v) is 18.7. The van der Waals surface area contributed by atoms with Crippen molar-refractivity contribution in [2.24, 2.45) is 0 Å². The van der Waals surface area contributed by atoms with E-state index in [0.717, 1.165) is 121 Å². The molecule has 254 valence electrons. The van der Waals surface area contributed by atoms with Crippen LogP contribution in [0.5, 0.6) is 0 Å². The summed E-state index contributed by atoms with van der Waals surface area (Å²) in [6.45, 7) is 9.05. The molecule has 0 heterocycles. The zero-order valence-electron chi connectivity index (χ0n) is 29.0. The van der Waals surface area contributed by atoms with Gasteiger partial charge in [0, 0.05) is 12.3 Å². The quantitative estimate of drug-likeness (QED) is 0.0603. The number of nitrogens with zero attached hydrogens (tertiary/aromatic N) is 2. The van der Waals surface area contributed by atoms with Crippen molar-refractivity contribution in [2.75, 3.05) is 39.5 Å². The van der Waals surface area contributed by atoms with Crippen molar-refractivity contribution in [1.29, 1.82) is 0 Å². The molecule has 0 aromatic rings. The van der Waals surface area contributed by atoms with Crippen LogP contribution in [0.25, 0.3) is 0 Å². The summed E-state index contributed by atoms with van der Waals surface area (Å²) in [5.41, 5.74) is 0. The van der Waals surface area contributed by atoms with E-state index < -0.39 is 11.9 Å².